The monoisotopic (exact) mass is 318 g/mol. The van der Waals surface area contributed by atoms with Gasteiger partial charge in [0.15, 0.2) is 0 Å². The van der Waals surface area contributed by atoms with Crippen molar-refractivity contribution in [3.8, 4) is 0 Å². The first kappa shape index (κ1) is 15.4. The van der Waals surface area contributed by atoms with E-state index in [-0.39, 0.29) is 15.1 Å². The number of thiophene rings is 1. The van der Waals surface area contributed by atoms with Crippen LogP contribution in [0.3, 0.4) is 0 Å². The Labute approximate surface area is 122 Å². The number of nitrogens with zero attached hydrogens (tertiary/aromatic N) is 2. The van der Waals surface area contributed by atoms with Gasteiger partial charge in [0.25, 0.3) is 10.0 Å². The van der Waals surface area contributed by atoms with E-state index < -0.39 is 16.0 Å². The van der Waals surface area contributed by atoms with Crippen molar-refractivity contribution >= 4 is 27.3 Å². The number of carboxylic acids is 1. The van der Waals surface area contributed by atoms with Crippen molar-refractivity contribution in [1.29, 1.82) is 0 Å². The van der Waals surface area contributed by atoms with Crippen LogP contribution in [0.2, 0.25) is 0 Å². The first-order valence-corrected chi connectivity index (χ1v) is 8.65. The van der Waals surface area contributed by atoms with Gasteiger partial charge in [0.2, 0.25) is 0 Å². The van der Waals surface area contributed by atoms with Crippen LogP contribution in [0.4, 0.5) is 0 Å². The third-order valence-electron chi connectivity index (χ3n) is 3.60. The van der Waals surface area contributed by atoms with E-state index in [1.54, 1.807) is 0 Å². The minimum Gasteiger partial charge on any atom is -0.477 e. The number of likely N-dealkylation sites (N-methyl/N-ethyl adjacent to an activating group) is 1. The van der Waals surface area contributed by atoms with Crippen molar-refractivity contribution in [1.82, 2.24) is 9.21 Å². The highest BCUT2D eigenvalue weighted by atomic mass is 32.2. The molecular weight excluding hydrogens is 300 g/mol. The van der Waals surface area contributed by atoms with E-state index in [0.29, 0.717) is 19.6 Å². The Morgan fingerprint density at radius 2 is 2.15 bits per heavy atom. The first-order chi connectivity index (χ1) is 9.36. The van der Waals surface area contributed by atoms with Crippen LogP contribution in [0.1, 0.15) is 23.0 Å². The molecule has 0 spiro atoms. The van der Waals surface area contributed by atoms with Crippen LogP contribution < -0.4 is 0 Å². The molecule has 1 aromatic rings. The van der Waals surface area contributed by atoms with Crippen molar-refractivity contribution in [2.24, 2.45) is 0 Å². The number of piperazine rings is 1. The summed E-state index contributed by atoms with van der Waals surface area (Å²) in [7, 11) is -1.59. The largest absolute Gasteiger partial charge is 0.477 e. The average Bonchev–Trinajstić information content (AvgIpc) is 2.89. The molecule has 1 saturated heterocycles. The van der Waals surface area contributed by atoms with Crippen molar-refractivity contribution in [3.63, 3.8) is 0 Å². The summed E-state index contributed by atoms with van der Waals surface area (Å²) in [4.78, 5) is 13.1. The SMILES string of the molecule is CCC1CN(S(=O)(=O)c2ccc(C(=O)O)s2)CCN1C. The maximum atomic E-state index is 12.5. The molecular formula is C12H18N2O4S2. The Morgan fingerprint density at radius 1 is 1.45 bits per heavy atom. The van der Waals surface area contributed by atoms with E-state index >= 15 is 0 Å². The van der Waals surface area contributed by atoms with E-state index in [4.69, 9.17) is 5.11 Å². The summed E-state index contributed by atoms with van der Waals surface area (Å²) in [5.74, 6) is -1.10. The number of hydrogen-bond donors (Lipinski definition) is 1. The van der Waals surface area contributed by atoms with Crippen LogP contribution in [0.25, 0.3) is 0 Å². The average molecular weight is 318 g/mol. The molecule has 0 aromatic carbocycles. The summed E-state index contributed by atoms with van der Waals surface area (Å²) in [5, 5.41) is 8.88. The Bertz CT molecular complexity index is 596. The molecule has 20 heavy (non-hydrogen) atoms. The predicted octanol–water partition coefficient (Wildman–Crippen LogP) is 1.16. The van der Waals surface area contributed by atoms with Gasteiger partial charge in [-0.05, 0) is 25.6 Å². The molecule has 1 aliphatic rings. The Balaban J connectivity index is 2.23. The molecule has 0 radical (unpaired) electrons. The Hall–Kier alpha value is -0.960. The van der Waals surface area contributed by atoms with Gasteiger partial charge >= 0.3 is 5.97 Å². The molecule has 0 bridgehead atoms. The molecule has 1 aliphatic heterocycles. The number of sulfonamides is 1. The molecule has 1 atom stereocenters. The Kier molecular flexibility index (Phi) is 4.48. The number of hydrogen-bond acceptors (Lipinski definition) is 5. The van der Waals surface area contributed by atoms with Crippen LogP contribution in [-0.4, -0.2) is 61.4 Å². The molecule has 112 valence electrons. The first-order valence-electron chi connectivity index (χ1n) is 6.39. The van der Waals surface area contributed by atoms with Gasteiger partial charge in [0.1, 0.15) is 9.09 Å². The lowest BCUT2D eigenvalue weighted by Crippen LogP contribution is -2.52. The third kappa shape index (κ3) is 2.88. The van der Waals surface area contributed by atoms with Gasteiger partial charge in [-0.25, -0.2) is 13.2 Å². The fraction of sp³-hybridized carbons (Fsp3) is 0.583. The number of aromatic carboxylic acids is 1. The van der Waals surface area contributed by atoms with Crippen molar-refractivity contribution in [3.05, 3.63) is 17.0 Å². The van der Waals surface area contributed by atoms with E-state index in [0.717, 1.165) is 17.8 Å². The lowest BCUT2D eigenvalue weighted by Gasteiger charge is -2.38. The quantitative estimate of drug-likeness (QED) is 0.901. The minimum absolute atomic E-state index is 0.0461. The summed E-state index contributed by atoms with van der Waals surface area (Å²) in [5.41, 5.74) is 0. The topological polar surface area (TPSA) is 77.9 Å². The maximum absolute atomic E-state index is 12.5. The second-order valence-corrected chi connectivity index (χ2v) is 8.08. The van der Waals surface area contributed by atoms with Crippen molar-refractivity contribution < 1.29 is 18.3 Å². The van der Waals surface area contributed by atoms with Crippen LogP contribution in [0.15, 0.2) is 16.3 Å². The predicted molar refractivity (Wildman–Crippen MR) is 76.7 cm³/mol. The standard InChI is InChI=1S/C12H18N2O4S2/c1-3-9-8-14(7-6-13(9)2)20(17,18)11-5-4-10(19-11)12(15)16/h4-5,9H,3,6-8H2,1-2H3,(H,15,16). The van der Waals surface area contributed by atoms with Crippen molar-refractivity contribution in [2.75, 3.05) is 26.7 Å². The molecule has 0 saturated carbocycles. The molecule has 1 fully saturated rings. The highest BCUT2D eigenvalue weighted by Gasteiger charge is 2.33. The van der Waals surface area contributed by atoms with Gasteiger partial charge in [0, 0.05) is 25.7 Å². The van der Waals surface area contributed by atoms with Gasteiger partial charge < -0.3 is 10.0 Å². The summed E-state index contributed by atoms with van der Waals surface area (Å²) < 4.78 is 26.6. The van der Waals surface area contributed by atoms with Gasteiger partial charge in [0.05, 0.1) is 0 Å². The molecule has 0 amide bonds. The molecule has 1 unspecified atom stereocenters. The van der Waals surface area contributed by atoms with Gasteiger partial charge in [-0.15, -0.1) is 11.3 Å². The minimum atomic E-state index is -3.58. The fourth-order valence-corrected chi connectivity index (χ4v) is 5.05. The second kappa shape index (κ2) is 5.80. The molecule has 1 N–H and O–H groups in total. The fourth-order valence-electron chi connectivity index (χ4n) is 2.28. The van der Waals surface area contributed by atoms with Crippen LogP contribution in [0, 0.1) is 0 Å². The van der Waals surface area contributed by atoms with E-state index in [1.807, 2.05) is 14.0 Å². The van der Waals surface area contributed by atoms with Crippen molar-refractivity contribution in [2.45, 2.75) is 23.6 Å². The molecule has 1 aromatic heterocycles. The van der Waals surface area contributed by atoms with Gasteiger partial charge in [-0.1, -0.05) is 6.92 Å². The highest BCUT2D eigenvalue weighted by molar-refractivity contribution is 7.91. The zero-order valence-electron chi connectivity index (χ0n) is 11.4. The van der Waals surface area contributed by atoms with E-state index in [9.17, 15) is 13.2 Å². The molecule has 0 aliphatic carbocycles. The van der Waals surface area contributed by atoms with E-state index in [2.05, 4.69) is 4.90 Å². The van der Waals surface area contributed by atoms with Crippen LogP contribution >= 0.6 is 11.3 Å². The molecule has 6 nitrogen and oxygen atoms in total. The molecule has 2 rings (SSSR count). The summed E-state index contributed by atoms with van der Waals surface area (Å²) in [6, 6.07) is 2.92. The van der Waals surface area contributed by atoms with Gasteiger partial charge in [-0.2, -0.15) is 4.31 Å². The number of rotatable bonds is 4. The maximum Gasteiger partial charge on any atom is 0.345 e. The molecule has 2 heterocycles. The lowest BCUT2D eigenvalue weighted by molar-refractivity contribution is 0.0702. The zero-order chi connectivity index (χ0) is 14.9. The van der Waals surface area contributed by atoms with Gasteiger partial charge in [-0.3, -0.25) is 0 Å². The van der Waals surface area contributed by atoms with Crippen LogP contribution in [-0.2, 0) is 10.0 Å². The smallest absolute Gasteiger partial charge is 0.345 e. The van der Waals surface area contributed by atoms with E-state index in [1.165, 1.54) is 16.4 Å². The number of carboxylic acid groups (broad SMARTS) is 1. The Morgan fingerprint density at radius 3 is 2.70 bits per heavy atom. The number of carbonyl (C=O) groups is 1. The normalized spacial score (nSPS) is 22.0. The summed E-state index contributed by atoms with van der Waals surface area (Å²) >= 11 is 0.808. The lowest BCUT2D eigenvalue weighted by atomic mass is 10.1. The van der Waals surface area contributed by atoms with Crippen LogP contribution in [0.5, 0.6) is 0 Å². The molecule has 8 heteroatoms. The summed E-state index contributed by atoms with van der Waals surface area (Å²) in [6.07, 6.45) is 0.882. The summed E-state index contributed by atoms with van der Waals surface area (Å²) in [6.45, 7) is 3.62. The zero-order valence-corrected chi connectivity index (χ0v) is 13.1. The second-order valence-electron chi connectivity index (χ2n) is 4.83. The highest BCUT2D eigenvalue weighted by Crippen LogP contribution is 2.26. The third-order valence-corrected chi connectivity index (χ3v) is 7.00.